The number of amides is 1. The van der Waals surface area contributed by atoms with Gasteiger partial charge in [0.1, 0.15) is 18.0 Å². The van der Waals surface area contributed by atoms with Crippen LogP contribution in [0.1, 0.15) is 0 Å². The number of benzene rings is 3. The lowest BCUT2D eigenvalue weighted by Gasteiger charge is -2.37. The topological polar surface area (TPSA) is 97.9 Å². The molecule has 0 bridgehead atoms. The molecule has 1 aliphatic rings. The molecule has 0 atom stereocenters. The lowest BCUT2D eigenvalue weighted by molar-refractivity contribution is -0.129. The van der Waals surface area contributed by atoms with Crippen molar-refractivity contribution in [2.75, 3.05) is 70.4 Å². The van der Waals surface area contributed by atoms with Gasteiger partial charge in [0.05, 0.1) is 44.7 Å². The molecule has 3 aromatic carbocycles. The highest BCUT2D eigenvalue weighted by atomic mass is 32.2. The molecule has 0 radical (unpaired) electrons. The minimum absolute atomic E-state index is 0.0234. The Balaban J connectivity index is 1.58. The number of nitrogens with zero attached hydrogens (tertiary/aromatic N) is 3. The summed E-state index contributed by atoms with van der Waals surface area (Å²) in [6.07, 6.45) is 0. The molecule has 1 amide bonds. The molecule has 1 saturated heterocycles. The van der Waals surface area contributed by atoms with Crippen molar-refractivity contribution in [3.8, 4) is 23.0 Å². The second kappa shape index (κ2) is 12.2. The number of hydrogen-bond donors (Lipinski definition) is 0. The van der Waals surface area contributed by atoms with Crippen molar-refractivity contribution in [2.45, 2.75) is 4.90 Å². The standard InChI is InChI=1S/C28H33N3O7S/c1-35-22-11-9-21(10-12-22)31(39(33,34)23-13-14-26(37-3)27(19-23)38-4)20-28(32)30-17-15-29(16-18-30)24-7-5-6-8-25(24)36-2/h5-14,19H,15-18,20H2,1-4H3. The van der Waals surface area contributed by atoms with Crippen molar-refractivity contribution in [2.24, 2.45) is 0 Å². The fourth-order valence-electron chi connectivity index (χ4n) is 4.48. The molecule has 0 saturated carbocycles. The first-order valence-electron chi connectivity index (χ1n) is 12.4. The van der Waals surface area contributed by atoms with E-state index in [1.165, 1.54) is 39.5 Å². The summed E-state index contributed by atoms with van der Waals surface area (Å²) >= 11 is 0. The van der Waals surface area contributed by atoms with Crippen molar-refractivity contribution in [3.05, 3.63) is 66.7 Å². The van der Waals surface area contributed by atoms with Gasteiger partial charge in [-0.2, -0.15) is 0 Å². The van der Waals surface area contributed by atoms with Gasteiger partial charge in [-0.1, -0.05) is 12.1 Å². The first-order valence-corrected chi connectivity index (χ1v) is 13.8. The predicted molar refractivity (Wildman–Crippen MR) is 149 cm³/mol. The fraction of sp³-hybridized carbons (Fsp3) is 0.321. The Morgan fingerprint density at radius 3 is 2.03 bits per heavy atom. The van der Waals surface area contributed by atoms with Crippen LogP contribution in [0, 0.1) is 0 Å². The zero-order valence-electron chi connectivity index (χ0n) is 22.5. The van der Waals surface area contributed by atoms with Gasteiger partial charge in [0, 0.05) is 32.2 Å². The number of carbonyl (C=O) groups is 1. The number of para-hydroxylation sites is 2. The summed E-state index contributed by atoms with van der Waals surface area (Å²) in [6, 6.07) is 18.6. The molecule has 4 rings (SSSR count). The van der Waals surface area contributed by atoms with Gasteiger partial charge in [0.25, 0.3) is 10.0 Å². The van der Waals surface area contributed by atoms with E-state index in [1.54, 1.807) is 36.3 Å². The first kappa shape index (κ1) is 27.9. The van der Waals surface area contributed by atoms with Gasteiger partial charge in [0.2, 0.25) is 5.91 Å². The van der Waals surface area contributed by atoms with Crippen molar-refractivity contribution < 1.29 is 32.2 Å². The van der Waals surface area contributed by atoms with Gasteiger partial charge in [-0.05, 0) is 48.5 Å². The highest BCUT2D eigenvalue weighted by Gasteiger charge is 2.31. The third-order valence-corrected chi connectivity index (χ3v) is 8.41. The minimum Gasteiger partial charge on any atom is -0.497 e. The van der Waals surface area contributed by atoms with Crippen LogP contribution in [0.5, 0.6) is 23.0 Å². The Bertz CT molecular complexity index is 1390. The van der Waals surface area contributed by atoms with E-state index >= 15 is 0 Å². The van der Waals surface area contributed by atoms with Crippen LogP contribution in [0.4, 0.5) is 11.4 Å². The molecule has 1 fully saturated rings. The number of piperazine rings is 1. The number of methoxy groups -OCH3 is 4. The molecule has 1 aliphatic heterocycles. The molecule has 0 spiro atoms. The van der Waals surface area contributed by atoms with Gasteiger partial charge in [-0.25, -0.2) is 8.42 Å². The molecule has 0 unspecified atom stereocenters. The molecule has 0 N–H and O–H groups in total. The highest BCUT2D eigenvalue weighted by molar-refractivity contribution is 7.92. The van der Waals surface area contributed by atoms with Crippen LogP contribution in [0.2, 0.25) is 0 Å². The van der Waals surface area contributed by atoms with E-state index in [9.17, 15) is 13.2 Å². The van der Waals surface area contributed by atoms with Crippen molar-refractivity contribution in [3.63, 3.8) is 0 Å². The summed E-state index contributed by atoms with van der Waals surface area (Å²) in [4.78, 5) is 17.3. The molecular formula is C28H33N3O7S. The van der Waals surface area contributed by atoms with E-state index in [0.29, 0.717) is 43.4 Å². The predicted octanol–water partition coefficient (Wildman–Crippen LogP) is 3.27. The zero-order valence-corrected chi connectivity index (χ0v) is 23.3. The van der Waals surface area contributed by atoms with Crippen LogP contribution < -0.4 is 28.2 Å². The van der Waals surface area contributed by atoms with E-state index in [-0.39, 0.29) is 23.1 Å². The normalized spacial score (nSPS) is 13.5. The van der Waals surface area contributed by atoms with E-state index in [2.05, 4.69) is 4.90 Å². The SMILES string of the molecule is COc1ccc(N(CC(=O)N2CCN(c3ccccc3OC)CC2)S(=O)(=O)c2ccc(OC)c(OC)c2)cc1. The van der Waals surface area contributed by atoms with Gasteiger partial charge < -0.3 is 28.7 Å². The summed E-state index contributed by atoms with van der Waals surface area (Å²) < 4.78 is 50.2. The molecule has 10 nitrogen and oxygen atoms in total. The van der Waals surface area contributed by atoms with Crippen molar-refractivity contribution in [1.82, 2.24) is 4.90 Å². The second-order valence-electron chi connectivity index (χ2n) is 8.77. The van der Waals surface area contributed by atoms with E-state index in [4.69, 9.17) is 18.9 Å². The van der Waals surface area contributed by atoms with Crippen LogP contribution in [0.15, 0.2) is 71.6 Å². The van der Waals surface area contributed by atoms with Crippen LogP contribution in [0.25, 0.3) is 0 Å². The molecule has 3 aromatic rings. The molecule has 1 heterocycles. The summed E-state index contributed by atoms with van der Waals surface area (Å²) in [5.74, 6) is 1.71. The van der Waals surface area contributed by atoms with Crippen LogP contribution in [0.3, 0.4) is 0 Å². The van der Waals surface area contributed by atoms with Gasteiger partial charge in [-0.3, -0.25) is 9.10 Å². The Morgan fingerprint density at radius 2 is 1.41 bits per heavy atom. The maximum Gasteiger partial charge on any atom is 0.264 e. The van der Waals surface area contributed by atoms with E-state index in [1.807, 2.05) is 24.3 Å². The number of hydrogen-bond acceptors (Lipinski definition) is 8. The van der Waals surface area contributed by atoms with Gasteiger partial charge in [-0.15, -0.1) is 0 Å². The fourth-order valence-corrected chi connectivity index (χ4v) is 5.91. The number of rotatable bonds is 10. The third kappa shape index (κ3) is 5.98. The molecule has 0 aromatic heterocycles. The highest BCUT2D eigenvalue weighted by Crippen LogP contribution is 2.33. The lowest BCUT2D eigenvalue weighted by Crippen LogP contribution is -2.52. The maximum atomic E-state index is 13.9. The summed E-state index contributed by atoms with van der Waals surface area (Å²) in [7, 11) is 1.92. The summed E-state index contributed by atoms with van der Waals surface area (Å²) in [5, 5.41) is 0. The molecule has 208 valence electrons. The van der Waals surface area contributed by atoms with Crippen LogP contribution >= 0.6 is 0 Å². The molecule has 39 heavy (non-hydrogen) atoms. The number of anilines is 2. The zero-order chi connectivity index (χ0) is 28.0. The molecule has 0 aliphatic carbocycles. The van der Waals surface area contributed by atoms with Crippen LogP contribution in [-0.4, -0.2) is 80.4 Å². The Kier molecular flexibility index (Phi) is 8.70. The average Bonchev–Trinajstić information content (AvgIpc) is 2.99. The Morgan fingerprint density at radius 1 is 0.769 bits per heavy atom. The monoisotopic (exact) mass is 555 g/mol. The third-order valence-electron chi connectivity index (χ3n) is 6.64. The quantitative estimate of drug-likeness (QED) is 0.376. The summed E-state index contributed by atoms with van der Waals surface area (Å²) in [6.45, 7) is 1.72. The largest absolute Gasteiger partial charge is 0.497 e. The van der Waals surface area contributed by atoms with E-state index < -0.39 is 10.0 Å². The van der Waals surface area contributed by atoms with Crippen molar-refractivity contribution in [1.29, 1.82) is 0 Å². The van der Waals surface area contributed by atoms with E-state index in [0.717, 1.165) is 15.7 Å². The minimum atomic E-state index is -4.15. The molecule has 11 heteroatoms. The Hall–Kier alpha value is -4.12. The smallest absolute Gasteiger partial charge is 0.264 e. The van der Waals surface area contributed by atoms with Gasteiger partial charge >= 0.3 is 0 Å². The number of sulfonamides is 1. The Labute approximate surface area is 229 Å². The molecular weight excluding hydrogens is 522 g/mol. The first-order chi connectivity index (χ1) is 18.8. The maximum absolute atomic E-state index is 13.9. The average molecular weight is 556 g/mol. The second-order valence-corrected chi connectivity index (χ2v) is 10.6. The summed E-state index contributed by atoms with van der Waals surface area (Å²) in [5.41, 5.74) is 1.30. The number of carbonyl (C=O) groups excluding carboxylic acids is 1. The lowest BCUT2D eigenvalue weighted by atomic mass is 10.2. The number of ether oxygens (including phenoxy) is 4. The van der Waals surface area contributed by atoms with Crippen LogP contribution in [-0.2, 0) is 14.8 Å². The van der Waals surface area contributed by atoms with Gasteiger partial charge in [0.15, 0.2) is 11.5 Å². The van der Waals surface area contributed by atoms with Crippen molar-refractivity contribution >= 4 is 27.3 Å².